The molecule has 0 fully saturated rings. The van der Waals surface area contributed by atoms with Gasteiger partial charge in [-0.05, 0) is 72.9 Å². The Bertz CT molecular complexity index is 1050. The number of nitrogens with zero attached hydrogens (tertiary/aromatic N) is 3. The van der Waals surface area contributed by atoms with E-state index in [1.165, 1.54) is 38.9 Å². The van der Waals surface area contributed by atoms with E-state index in [0.717, 1.165) is 0 Å². The molecule has 3 rings (SSSR count). The van der Waals surface area contributed by atoms with Crippen LogP contribution in [-0.4, -0.2) is 38.3 Å². The highest BCUT2D eigenvalue weighted by atomic mass is 35.5. The van der Waals surface area contributed by atoms with Crippen LogP contribution in [0.1, 0.15) is 55.4 Å². The van der Waals surface area contributed by atoms with Crippen LogP contribution in [-0.2, 0) is 0 Å². The zero-order valence-electron chi connectivity index (χ0n) is 21.5. The lowest BCUT2D eigenvalue weighted by molar-refractivity contribution is -0.00000720. The molecule has 1 N–H and O–H groups in total. The molecule has 176 valence electrons. The summed E-state index contributed by atoms with van der Waals surface area (Å²) in [6, 6.07) is 14.9. The maximum atomic E-state index is 3.87. The summed E-state index contributed by atoms with van der Waals surface area (Å²) in [4.78, 5) is 4.75. The molecule has 4 nitrogen and oxygen atoms in total. The standard InChI is InChI=1S/C27H40N4.ClH/c1-17(2)30(18(3)4)26-25(27(26)31(19(5)6)20(7)8)28-22-15-11-13-21-14-12-16-23(24(21)22)29(9)10;/h11-20H,1-10H3;1H. The van der Waals surface area contributed by atoms with E-state index < -0.39 is 0 Å². The van der Waals surface area contributed by atoms with Crippen molar-refractivity contribution in [1.82, 2.24) is 4.58 Å². The quantitative estimate of drug-likeness (QED) is 0.527. The van der Waals surface area contributed by atoms with Crippen LogP contribution in [0.2, 0.25) is 0 Å². The number of benzene rings is 2. The molecule has 0 spiro atoms. The van der Waals surface area contributed by atoms with Crippen molar-refractivity contribution < 1.29 is 12.4 Å². The second-order valence-corrected chi connectivity index (χ2v) is 9.96. The number of hydrogen-bond donors (Lipinski definition) is 1. The Kier molecular flexibility index (Phi) is 8.27. The topological polar surface area (TPSA) is 21.5 Å². The maximum Gasteiger partial charge on any atom is 0.252 e. The number of nitrogens with one attached hydrogen (secondary N) is 1. The fourth-order valence-electron chi connectivity index (χ4n) is 4.95. The minimum atomic E-state index is 0. The highest BCUT2D eigenvalue weighted by Crippen LogP contribution is 2.39. The number of anilines is 4. The molecular formula is C27H41ClN4. The second-order valence-electron chi connectivity index (χ2n) is 9.96. The summed E-state index contributed by atoms with van der Waals surface area (Å²) in [6.45, 7) is 18.3. The summed E-state index contributed by atoms with van der Waals surface area (Å²) in [5.41, 5.74) is 5.04. The van der Waals surface area contributed by atoms with Crippen LogP contribution in [0.4, 0.5) is 22.7 Å². The molecule has 0 aliphatic heterocycles. The van der Waals surface area contributed by atoms with E-state index in [-0.39, 0.29) is 12.4 Å². The van der Waals surface area contributed by atoms with Gasteiger partial charge in [0.05, 0.1) is 0 Å². The van der Waals surface area contributed by atoms with Crippen molar-refractivity contribution in [3.05, 3.63) is 41.8 Å². The van der Waals surface area contributed by atoms with E-state index in [0.29, 0.717) is 24.2 Å². The molecule has 0 heterocycles. The van der Waals surface area contributed by atoms with Gasteiger partial charge in [0.15, 0.2) is 0 Å². The predicted molar refractivity (Wildman–Crippen MR) is 139 cm³/mol. The third-order valence-electron chi connectivity index (χ3n) is 6.00. The van der Waals surface area contributed by atoms with Crippen molar-refractivity contribution in [3.8, 4) is 0 Å². The van der Waals surface area contributed by atoms with E-state index in [2.05, 4.69) is 126 Å². The van der Waals surface area contributed by atoms with Crippen LogP contribution < -0.4 is 37.5 Å². The third kappa shape index (κ3) is 4.91. The maximum absolute atomic E-state index is 3.87. The van der Waals surface area contributed by atoms with E-state index in [4.69, 9.17) is 0 Å². The average molecular weight is 457 g/mol. The summed E-state index contributed by atoms with van der Waals surface area (Å²) in [5.74, 6) is 0. The van der Waals surface area contributed by atoms with Crippen LogP contribution in [0.15, 0.2) is 36.4 Å². The fourth-order valence-corrected chi connectivity index (χ4v) is 4.95. The molecule has 0 saturated carbocycles. The highest BCUT2D eigenvalue weighted by molar-refractivity contribution is 6.06. The van der Waals surface area contributed by atoms with Gasteiger partial charge in [-0.2, -0.15) is 0 Å². The van der Waals surface area contributed by atoms with Gasteiger partial charge in [-0.15, -0.1) is 0 Å². The first kappa shape index (κ1) is 26.1. The van der Waals surface area contributed by atoms with Crippen molar-refractivity contribution in [1.29, 1.82) is 0 Å². The minimum absolute atomic E-state index is 0. The number of fused-ring (bicyclic) bond motifs is 1. The average Bonchev–Trinajstić information content (AvgIpc) is 3.31. The smallest absolute Gasteiger partial charge is 0.252 e. The molecule has 3 aromatic carbocycles. The Morgan fingerprint density at radius 2 is 1.31 bits per heavy atom. The normalized spacial score (nSPS) is 11.7. The van der Waals surface area contributed by atoms with Gasteiger partial charge in [0, 0.05) is 42.9 Å². The molecule has 5 heteroatoms. The molecule has 0 amide bonds. The third-order valence-corrected chi connectivity index (χ3v) is 6.00. The Morgan fingerprint density at radius 1 is 0.781 bits per heavy atom. The molecular weight excluding hydrogens is 416 g/mol. The lowest BCUT2D eigenvalue weighted by atomic mass is 10.1. The van der Waals surface area contributed by atoms with Gasteiger partial charge in [-0.25, -0.2) is 4.58 Å². The van der Waals surface area contributed by atoms with E-state index >= 15 is 0 Å². The lowest BCUT2D eigenvalue weighted by Gasteiger charge is -2.29. The summed E-state index contributed by atoms with van der Waals surface area (Å²) >= 11 is 0. The van der Waals surface area contributed by atoms with Gasteiger partial charge in [-0.3, -0.25) is 0 Å². The summed E-state index contributed by atoms with van der Waals surface area (Å²) in [7, 11) is 4.23. The first-order valence-electron chi connectivity index (χ1n) is 11.7. The number of rotatable bonds is 8. The van der Waals surface area contributed by atoms with Gasteiger partial charge < -0.3 is 27.5 Å². The van der Waals surface area contributed by atoms with Crippen LogP contribution in [0.25, 0.3) is 10.8 Å². The molecule has 32 heavy (non-hydrogen) atoms. The molecule has 0 atom stereocenters. The molecule has 0 saturated heterocycles. The highest BCUT2D eigenvalue weighted by Gasteiger charge is 2.38. The molecule has 0 aliphatic carbocycles. The minimum Gasteiger partial charge on any atom is -1.00 e. The number of halogens is 1. The summed E-state index contributed by atoms with van der Waals surface area (Å²) in [6.07, 6.45) is 0. The van der Waals surface area contributed by atoms with Gasteiger partial charge >= 0.3 is 0 Å². The Labute approximate surface area is 201 Å². The van der Waals surface area contributed by atoms with Crippen molar-refractivity contribution in [2.45, 2.75) is 79.6 Å². The Hall–Kier alpha value is -2.20. The first-order valence-corrected chi connectivity index (χ1v) is 11.7. The van der Waals surface area contributed by atoms with Crippen molar-refractivity contribution in [3.63, 3.8) is 0 Å². The lowest BCUT2D eigenvalue weighted by Crippen LogP contribution is -3.00. The summed E-state index contributed by atoms with van der Waals surface area (Å²) < 4.78 is 2.55. The Morgan fingerprint density at radius 3 is 1.78 bits per heavy atom. The number of hydrogen-bond acceptors (Lipinski definition) is 3. The zero-order valence-corrected chi connectivity index (χ0v) is 22.2. The predicted octanol–water partition coefficient (Wildman–Crippen LogP) is 2.74. The van der Waals surface area contributed by atoms with Gasteiger partial charge in [-0.1, -0.05) is 24.3 Å². The van der Waals surface area contributed by atoms with Gasteiger partial charge in [0.2, 0.25) is 0 Å². The van der Waals surface area contributed by atoms with Crippen molar-refractivity contribution in [2.75, 3.05) is 29.2 Å². The van der Waals surface area contributed by atoms with Gasteiger partial charge in [0.1, 0.15) is 23.5 Å². The fraction of sp³-hybridized carbons (Fsp3) is 0.519. The summed E-state index contributed by atoms with van der Waals surface area (Å²) in [5, 5.41) is 7.77. The molecule has 0 bridgehead atoms. The van der Waals surface area contributed by atoms with Crippen LogP contribution in [0.3, 0.4) is 0 Å². The molecule has 0 aliphatic rings. The van der Waals surface area contributed by atoms with Crippen LogP contribution in [0.5, 0.6) is 0 Å². The van der Waals surface area contributed by atoms with E-state index in [9.17, 15) is 0 Å². The van der Waals surface area contributed by atoms with E-state index in [1.807, 2.05) is 0 Å². The van der Waals surface area contributed by atoms with Crippen LogP contribution >= 0.6 is 0 Å². The van der Waals surface area contributed by atoms with Gasteiger partial charge in [0.25, 0.3) is 5.36 Å². The second kappa shape index (κ2) is 10.2. The zero-order chi connectivity index (χ0) is 23.0. The Balaban J connectivity index is 0.00000363. The van der Waals surface area contributed by atoms with Crippen molar-refractivity contribution in [2.24, 2.45) is 0 Å². The van der Waals surface area contributed by atoms with E-state index in [1.54, 1.807) is 0 Å². The van der Waals surface area contributed by atoms with Crippen molar-refractivity contribution >= 4 is 33.5 Å². The first-order chi connectivity index (χ1) is 14.6. The molecule has 0 radical (unpaired) electrons. The van der Waals surface area contributed by atoms with Crippen LogP contribution in [0, 0.1) is 0 Å². The molecule has 0 unspecified atom stereocenters. The SMILES string of the molecule is CC(C)N(c1c(Nc2cccc3cccc(N(C)C)c23)c1=[N+](C(C)C)C(C)C)C(C)C.[Cl-]. The molecule has 3 aromatic rings. The largest absolute Gasteiger partial charge is 1.00 e. The molecule has 0 aromatic heterocycles. The monoisotopic (exact) mass is 456 g/mol.